The molecule has 6 nitrogen and oxygen atoms in total. The summed E-state index contributed by atoms with van der Waals surface area (Å²) < 4.78 is 0. The molecular formula is C20H22N2O4. The second kappa shape index (κ2) is 7.58. The molecule has 136 valence electrons. The molecular weight excluding hydrogens is 332 g/mol. The van der Waals surface area contributed by atoms with Crippen molar-refractivity contribution in [1.29, 1.82) is 0 Å². The fraction of sp³-hybridized carbons (Fsp3) is 0.300. The molecule has 0 aliphatic carbocycles. The molecule has 1 heterocycles. The third kappa shape index (κ3) is 3.70. The molecule has 0 aromatic heterocycles. The highest BCUT2D eigenvalue weighted by atomic mass is 16.4. The number of ketones is 1. The van der Waals surface area contributed by atoms with Crippen molar-refractivity contribution in [2.24, 2.45) is 0 Å². The number of carboxylic acids is 1. The molecule has 1 unspecified atom stereocenters. The smallest absolute Gasteiger partial charge is 0.336 e. The number of rotatable bonds is 5. The number of carbonyl (C=O) groups excluding carboxylic acids is 1. The Labute approximate surface area is 152 Å². The van der Waals surface area contributed by atoms with Crippen LogP contribution in [0, 0.1) is 0 Å². The van der Waals surface area contributed by atoms with E-state index in [1.54, 1.807) is 18.2 Å². The number of piperidine rings is 1. The Bertz CT molecular complexity index is 834. The molecule has 3 rings (SSSR count). The summed E-state index contributed by atoms with van der Waals surface area (Å²) in [5.41, 5.74) is 4.02. The zero-order chi connectivity index (χ0) is 18.7. The molecule has 1 atom stereocenters. The van der Waals surface area contributed by atoms with Gasteiger partial charge in [0.25, 0.3) is 0 Å². The molecule has 0 amide bonds. The highest BCUT2D eigenvalue weighted by Crippen LogP contribution is 2.27. The number of phenols is 1. The first-order valence-electron chi connectivity index (χ1n) is 8.70. The van der Waals surface area contributed by atoms with E-state index in [0.29, 0.717) is 11.7 Å². The lowest BCUT2D eigenvalue weighted by molar-refractivity contribution is 0.0692. The topological polar surface area (TPSA) is 89.9 Å². The van der Waals surface area contributed by atoms with Crippen molar-refractivity contribution in [3.8, 4) is 5.75 Å². The fourth-order valence-corrected chi connectivity index (χ4v) is 3.24. The lowest BCUT2D eigenvalue weighted by Gasteiger charge is -2.34. The number of phenolic OH excluding ortho intramolecular Hbond substituents is 1. The van der Waals surface area contributed by atoms with Gasteiger partial charge in [0.1, 0.15) is 5.75 Å². The Morgan fingerprint density at radius 3 is 2.46 bits per heavy atom. The molecule has 26 heavy (non-hydrogen) atoms. The molecule has 2 aromatic carbocycles. The van der Waals surface area contributed by atoms with E-state index < -0.39 is 11.8 Å². The summed E-state index contributed by atoms with van der Waals surface area (Å²) in [5.74, 6) is -1.87. The van der Waals surface area contributed by atoms with Crippen LogP contribution in [0.4, 0.5) is 5.69 Å². The highest BCUT2D eigenvalue weighted by molar-refractivity contribution is 6.15. The summed E-state index contributed by atoms with van der Waals surface area (Å²) in [7, 11) is 0. The molecule has 1 saturated heterocycles. The zero-order valence-electron chi connectivity index (χ0n) is 14.6. The van der Waals surface area contributed by atoms with Crippen molar-refractivity contribution in [2.75, 3.05) is 12.0 Å². The molecule has 1 fully saturated rings. The van der Waals surface area contributed by atoms with Gasteiger partial charge in [0, 0.05) is 24.2 Å². The van der Waals surface area contributed by atoms with Gasteiger partial charge in [0.15, 0.2) is 5.78 Å². The molecule has 1 aliphatic rings. The van der Waals surface area contributed by atoms with Crippen molar-refractivity contribution in [1.82, 2.24) is 5.01 Å². The molecule has 6 heteroatoms. The number of aromatic hydroxyl groups is 1. The Morgan fingerprint density at radius 1 is 1.08 bits per heavy atom. The Balaban J connectivity index is 1.84. The van der Waals surface area contributed by atoms with E-state index in [2.05, 4.69) is 17.4 Å². The van der Waals surface area contributed by atoms with Gasteiger partial charge >= 0.3 is 5.97 Å². The minimum absolute atomic E-state index is 0.0562. The summed E-state index contributed by atoms with van der Waals surface area (Å²) in [5, 5.41) is 21.7. The van der Waals surface area contributed by atoms with Crippen LogP contribution in [0.2, 0.25) is 0 Å². The van der Waals surface area contributed by atoms with Gasteiger partial charge in [-0.3, -0.25) is 4.79 Å². The van der Waals surface area contributed by atoms with Gasteiger partial charge in [-0.05, 0) is 38.0 Å². The number of nitrogens with one attached hydrogen (secondary N) is 1. The first-order valence-corrected chi connectivity index (χ1v) is 8.70. The number of hydrogen-bond acceptors (Lipinski definition) is 5. The first kappa shape index (κ1) is 17.9. The molecule has 3 N–H and O–H groups in total. The third-order valence-electron chi connectivity index (χ3n) is 4.72. The Morgan fingerprint density at radius 2 is 1.81 bits per heavy atom. The van der Waals surface area contributed by atoms with Crippen molar-refractivity contribution < 1.29 is 19.8 Å². The van der Waals surface area contributed by atoms with Crippen LogP contribution in [-0.2, 0) is 0 Å². The largest absolute Gasteiger partial charge is 0.507 e. The lowest BCUT2D eigenvalue weighted by Crippen LogP contribution is -2.41. The van der Waals surface area contributed by atoms with Crippen LogP contribution in [0.15, 0.2) is 42.5 Å². The number of benzene rings is 2. The van der Waals surface area contributed by atoms with Crippen LogP contribution in [0.3, 0.4) is 0 Å². The van der Waals surface area contributed by atoms with E-state index in [1.165, 1.54) is 30.7 Å². The van der Waals surface area contributed by atoms with Crippen molar-refractivity contribution >= 4 is 17.4 Å². The number of hydrazine groups is 1. The van der Waals surface area contributed by atoms with E-state index in [9.17, 15) is 19.8 Å². The van der Waals surface area contributed by atoms with E-state index >= 15 is 0 Å². The number of nitrogens with zero attached hydrogens (tertiary/aromatic N) is 1. The van der Waals surface area contributed by atoms with Crippen molar-refractivity contribution in [3.05, 3.63) is 59.2 Å². The standard InChI is InChI=1S/C20H22N2O4/c1-13-6-4-5-11-22(13)21-14-9-10-17(18(23)12-14)19(24)15-7-2-3-8-16(15)20(25)26/h2-3,7-10,12-13,21,23H,4-6,11H2,1H3,(H,25,26). The Kier molecular flexibility index (Phi) is 5.23. The fourth-order valence-electron chi connectivity index (χ4n) is 3.24. The van der Waals surface area contributed by atoms with Gasteiger partial charge in [0.05, 0.1) is 16.8 Å². The summed E-state index contributed by atoms with van der Waals surface area (Å²) in [6.07, 6.45) is 3.44. The molecule has 0 saturated carbocycles. The van der Waals surface area contributed by atoms with E-state index in [1.807, 2.05) is 0 Å². The van der Waals surface area contributed by atoms with Crippen LogP contribution in [0.25, 0.3) is 0 Å². The quantitative estimate of drug-likeness (QED) is 0.712. The zero-order valence-corrected chi connectivity index (χ0v) is 14.6. The van der Waals surface area contributed by atoms with Crippen LogP contribution < -0.4 is 5.43 Å². The number of hydrogen-bond donors (Lipinski definition) is 3. The SMILES string of the molecule is CC1CCCCN1Nc1ccc(C(=O)c2ccccc2C(=O)O)c(O)c1. The van der Waals surface area contributed by atoms with Gasteiger partial charge in [-0.1, -0.05) is 24.6 Å². The molecule has 0 bridgehead atoms. The average Bonchev–Trinajstić information content (AvgIpc) is 2.63. The van der Waals surface area contributed by atoms with Crippen LogP contribution in [0.5, 0.6) is 5.75 Å². The minimum atomic E-state index is -1.18. The first-order chi connectivity index (χ1) is 12.5. The van der Waals surface area contributed by atoms with E-state index in [4.69, 9.17) is 0 Å². The number of carboxylic acid groups (broad SMARTS) is 1. The third-order valence-corrected chi connectivity index (χ3v) is 4.72. The van der Waals surface area contributed by atoms with E-state index in [0.717, 1.165) is 19.4 Å². The van der Waals surface area contributed by atoms with Gasteiger partial charge in [0.2, 0.25) is 0 Å². The second-order valence-electron chi connectivity index (χ2n) is 6.56. The number of carbonyl (C=O) groups is 2. The number of aromatic carboxylic acids is 1. The molecule has 0 radical (unpaired) electrons. The van der Waals surface area contributed by atoms with Gasteiger partial charge < -0.3 is 15.6 Å². The molecule has 0 spiro atoms. The summed E-state index contributed by atoms with van der Waals surface area (Å²) in [6, 6.07) is 11.1. The van der Waals surface area contributed by atoms with Gasteiger partial charge in [-0.25, -0.2) is 9.80 Å². The normalized spacial score (nSPS) is 17.7. The van der Waals surface area contributed by atoms with Crippen molar-refractivity contribution in [3.63, 3.8) is 0 Å². The molecule has 1 aliphatic heterocycles. The number of anilines is 1. The van der Waals surface area contributed by atoms with Crippen molar-refractivity contribution in [2.45, 2.75) is 32.2 Å². The maximum Gasteiger partial charge on any atom is 0.336 e. The second-order valence-corrected chi connectivity index (χ2v) is 6.56. The Hall–Kier alpha value is -2.86. The van der Waals surface area contributed by atoms with Gasteiger partial charge in [-0.2, -0.15) is 0 Å². The van der Waals surface area contributed by atoms with Crippen LogP contribution >= 0.6 is 0 Å². The summed E-state index contributed by atoms with van der Waals surface area (Å²) in [6.45, 7) is 3.07. The lowest BCUT2D eigenvalue weighted by atomic mass is 9.97. The van der Waals surface area contributed by atoms with E-state index in [-0.39, 0.29) is 22.4 Å². The highest BCUT2D eigenvalue weighted by Gasteiger charge is 2.21. The minimum Gasteiger partial charge on any atom is -0.507 e. The predicted octanol–water partition coefficient (Wildman–Crippen LogP) is 3.52. The monoisotopic (exact) mass is 354 g/mol. The maximum absolute atomic E-state index is 12.7. The summed E-state index contributed by atoms with van der Waals surface area (Å²) in [4.78, 5) is 24.0. The van der Waals surface area contributed by atoms with Crippen LogP contribution in [0.1, 0.15) is 52.5 Å². The van der Waals surface area contributed by atoms with Crippen LogP contribution in [-0.4, -0.2) is 39.6 Å². The maximum atomic E-state index is 12.7. The predicted molar refractivity (Wildman–Crippen MR) is 98.6 cm³/mol. The molecule has 2 aromatic rings. The van der Waals surface area contributed by atoms with Gasteiger partial charge in [-0.15, -0.1) is 0 Å². The average molecular weight is 354 g/mol. The summed E-state index contributed by atoms with van der Waals surface area (Å²) >= 11 is 0.